The van der Waals surface area contributed by atoms with Crippen LogP contribution < -0.4 is 0 Å². The Balaban J connectivity index is 2.06. The van der Waals surface area contributed by atoms with Crippen molar-refractivity contribution in [2.24, 2.45) is 5.92 Å². The topological polar surface area (TPSA) is 35.1 Å². The fourth-order valence-electron chi connectivity index (χ4n) is 5.11. The molecule has 0 bridgehead atoms. The highest BCUT2D eigenvalue weighted by atomic mass is 15.3. The summed E-state index contributed by atoms with van der Waals surface area (Å²) in [4.78, 5) is 5.05. The van der Waals surface area contributed by atoms with Crippen molar-refractivity contribution in [1.82, 2.24) is 19.2 Å². The maximum absolute atomic E-state index is 5.05. The van der Waals surface area contributed by atoms with Gasteiger partial charge in [-0.3, -0.25) is 0 Å². The maximum atomic E-state index is 5.05. The number of aromatic nitrogens is 4. The van der Waals surface area contributed by atoms with Gasteiger partial charge < -0.3 is 4.57 Å². The zero-order chi connectivity index (χ0) is 21.7. The minimum atomic E-state index is 0.461. The Hall–Kier alpha value is -2.62. The fourth-order valence-corrected chi connectivity index (χ4v) is 5.11. The first-order valence-electron chi connectivity index (χ1n) is 11.2. The van der Waals surface area contributed by atoms with E-state index >= 15 is 0 Å². The van der Waals surface area contributed by atoms with Crippen LogP contribution in [0.3, 0.4) is 0 Å². The Morgan fingerprint density at radius 3 is 2.20 bits per heavy atom. The van der Waals surface area contributed by atoms with E-state index in [-0.39, 0.29) is 0 Å². The Kier molecular flexibility index (Phi) is 5.21. The van der Waals surface area contributed by atoms with Crippen LogP contribution in [0.2, 0.25) is 0 Å². The molecule has 0 saturated heterocycles. The van der Waals surface area contributed by atoms with Gasteiger partial charge in [0.1, 0.15) is 5.65 Å². The van der Waals surface area contributed by atoms with Crippen molar-refractivity contribution < 1.29 is 0 Å². The van der Waals surface area contributed by atoms with Gasteiger partial charge in [-0.1, -0.05) is 38.5 Å². The van der Waals surface area contributed by atoms with Crippen LogP contribution in [0, 0.1) is 40.5 Å². The summed E-state index contributed by atoms with van der Waals surface area (Å²) in [5.74, 6) is 0.651. The number of hydrogen-bond acceptors (Lipinski definition) is 2. The van der Waals surface area contributed by atoms with E-state index in [0.29, 0.717) is 12.0 Å². The summed E-state index contributed by atoms with van der Waals surface area (Å²) in [6.45, 7) is 17.7. The Labute approximate surface area is 179 Å². The molecule has 3 heterocycles. The van der Waals surface area contributed by atoms with Crippen molar-refractivity contribution >= 4 is 16.7 Å². The molecule has 0 fully saturated rings. The van der Waals surface area contributed by atoms with Crippen LogP contribution in [0.25, 0.3) is 27.8 Å². The van der Waals surface area contributed by atoms with E-state index in [1.165, 1.54) is 38.9 Å². The summed E-state index contributed by atoms with van der Waals surface area (Å²) in [7, 11) is 0. The molecule has 0 amide bonds. The molecule has 0 aliphatic rings. The molecule has 30 heavy (non-hydrogen) atoms. The van der Waals surface area contributed by atoms with Gasteiger partial charge in [0.25, 0.3) is 0 Å². The minimum Gasteiger partial charge on any atom is -0.329 e. The molecule has 4 rings (SSSR count). The molecule has 0 saturated carbocycles. The van der Waals surface area contributed by atoms with Gasteiger partial charge in [0.15, 0.2) is 5.65 Å². The van der Waals surface area contributed by atoms with Gasteiger partial charge in [0.2, 0.25) is 0 Å². The summed E-state index contributed by atoms with van der Waals surface area (Å²) >= 11 is 0. The van der Waals surface area contributed by atoms with Crippen LogP contribution >= 0.6 is 0 Å². The number of hydrogen-bond donors (Lipinski definition) is 0. The predicted molar refractivity (Wildman–Crippen MR) is 126 cm³/mol. The molecule has 0 spiro atoms. The fraction of sp³-hybridized carbons (Fsp3) is 0.462. The summed E-state index contributed by atoms with van der Waals surface area (Å²) in [5, 5.41) is 6.22. The Morgan fingerprint density at radius 2 is 1.60 bits per heavy atom. The van der Waals surface area contributed by atoms with Crippen molar-refractivity contribution in [3.63, 3.8) is 0 Å². The predicted octanol–water partition coefficient (Wildman–Crippen LogP) is 6.89. The number of nitrogens with zero attached hydrogens (tertiary/aromatic N) is 4. The molecule has 4 nitrogen and oxygen atoms in total. The van der Waals surface area contributed by atoms with Crippen molar-refractivity contribution in [3.8, 4) is 11.1 Å². The van der Waals surface area contributed by atoms with E-state index in [4.69, 9.17) is 10.1 Å². The summed E-state index contributed by atoms with van der Waals surface area (Å²) in [5.41, 5.74) is 10.5. The maximum Gasteiger partial charge on any atom is 0.165 e. The highest BCUT2D eigenvalue weighted by Gasteiger charge is 2.23. The highest BCUT2D eigenvalue weighted by molar-refractivity contribution is 5.89. The second-order valence-electron chi connectivity index (χ2n) is 9.32. The van der Waals surface area contributed by atoms with Crippen LogP contribution in [0.5, 0.6) is 0 Å². The van der Waals surface area contributed by atoms with E-state index in [1.807, 2.05) is 0 Å². The number of aryl methyl sites for hydroxylation is 5. The van der Waals surface area contributed by atoms with Crippen LogP contribution in [0.4, 0.5) is 0 Å². The third-order valence-corrected chi connectivity index (χ3v) is 6.32. The largest absolute Gasteiger partial charge is 0.329 e. The molecule has 4 aromatic rings. The summed E-state index contributed by atoms with van der Waals surface area (Å²) in [6, 6.07) is 7.19. The van der Waals surface area contributed by atoms with Gasteiger partial charge in [0.05, 0.1) is 17.0 Å². The van der Waals surface area contributed by atoms with Crippen molar-refractivity contribution in [3.05, 3.63) is 52.5 Å². The first-order valence-corrected chi connectivity index (χ1v) is 11.2. The lowest BCUT2D eigenvalue weighted by molar-refractivity contribution is 0.396. The molecular weight excluding hydrogens is 368 g/mol. The van der Waals surface area contributed by atoms with Gasteiger partial charge in [0, 0.05) is 17.6 Å². The van der Waals surface area contributed by atoms with Gasteiger partial charge in [-0.25, -0.2) is 4.98 Å². The summed E-state index contributed by atoms with van der Waals surface area (Å²) in [6.07, 6.45) is 4.49. The van der Waals surface area contributed by atoms with Crippen LogP contribution in [0.15, 0.2) is 24.4 Å². The lowest BCUT2D eigenvalue weighted by Crippen LogP contribution is -2.12. The second kappa shape index (κ2) is 7.57. The highest BCUT2D eigenvalue weighted by Crippen LogP contribution is 2.36. The zero-order valence-corrected chi connectivity index (χ0v) is 19.7. The van der Waals surface area contributed by atoms with E-state index in [0.717, 1.165) is 29.9 Å². The van der Waals surface area contributed by atoms with Crippen LogP contribution in [-0.2, 0) is 0 Å². The summed E-state index contributed by atoms with van der Waals surface area (Å²) < 4.78 is 4.52. The molecule has 0 aliphatic carbocycles. The smallest absolute Gasteiger partial charge is 0.165 e. The van der Waals surface area contributed by atoms with Crippen molar-refractivity contribution in [1.29, 1.82) is 0 Å². The molecule has 158 valence electrons. The third-order valence-electron chi connectivity index (χ3n) is 6.32. The van der Waals surface area contributed by atoms with Gasteiger partial charge >= 0.3 is 0 Å². The minimum absolute atomic E-state index is 0.461. The third kappa shape index (κ3) is 3.23. The van der Waals surface area contributed by atoms with Crippen molar-refractivity contribution in [2.45, 2.75) is 74.3 Å². The van der Waals surface area contributed by atoms with E-state index in [9.17, 15) is 0 Å². The Bertz CT molecular complexity index is 1220. The van der Waals surface area contributed by atoms with Crippen LogP contribution in [-0.4, -0.2) is 19.2 Å². The zero-order valence-electron chi connectivity index (χ0n) is 19.7. The number of rotatable bonds is 5. The van der Waals surface area contributed by atoms with E-state index < -0.39 is 0 Å². The standard InChI is InChI=1S/C26H34N4/c1-9-21(12-15(2)3)29-11-10-22-19(7)27-25-24(20(8)28-30(25)26(22)29)23-17(5)13-16(4)14-18(23)6/h10-11,13-15,21H,9,12H2,1-8H3. The van der Waals surface area contributed by atoms with Gasteiger partial charge in [-0.2, -0.15) is 9.61 Å². The van der Waals surface area contributed by atoms with Gasteiger partial charge in [-0.15, -0.1) is 0 Å². The quantitative estimate of drug-likeness (QED) is 0.364. The average Bonchev–Trinajstić information content (AvgIpc) is 3.22. The molecule has 1 aromatic carbocycles. The normalized spacial score (nSPS) is 13.1. The SMILES string of the molecule is CCC(CC(C)C)n1ccc2c(C)nc3c(-c4c(C)cc(C)cc4C)c(C)nn3c21. The first-order chi connectivity index (χ1) is 14.2. The molecular formula is C26H34N4. The molecule has 1 atom stereocenters. The lowest BCUT2D eigenvalue weighted by Gasteiger charge is -2.21. The number of fused-ring (bicyclic) bond motifs is 3. The van der Waals surface area contributed by atoms with Gasteiger partial charge in [-0.05, 0) is 76.1 Å². The second-order valence-corrected chi connectivity index (χ2v) is 9.32. The molecule has 1 unspecified atom stereocenters. The molecule has 3 aromatic heterocycles. The Morgan fingerprint density at radius 1 is 0.933 bits per heavy atom. The molecule has 4 heteroatoms. The first kappa shape index (κ1) is 20.6. The van der Waals surface area contributed by atoms with Crippen LogP contribution in [0.1, 0.15) is 67.7 Å². The average molecular weight is 403 g/mol. The molecule has 0 aliphatic heterocycles. The van der Waals surface area contributed by atoms with Crippen molar-refractivity contribution in [2.75, 3.05) is 0 Å². The monoisotopic (exact) mass is 402 g/mol. The molecule has 0 N–H and O–H groups in total. The molecule has 0 radical (unpaired) electrons. The van der Waals surface area contributed by atoms with E-state index in [1.54, 1.807) is 0 Å². The lowest BCUT2D eigenvalue weighted by atomic mass is 9.94. The van der Waals surface area contributed by atoms with E-state index in [2.05, 4.69) is 88.9 Å². The number of benzene rings is 1.